The predicted molar refractivity (Wildman–Crippen MR) is 116 cm³/mol. The smallest absolute Gasteiger partial charge is 0.246 e. The number of piperidine rings is 1. The second-order valence-corrected chi connectivity index (χ2v) is 8.96. The summed E-state index contributed by atoms with van der Waals surface area (Å²) in [5.74, 6) is 0.858. The van der Waals surface area contributed by atoms with Gasteiger partial charge in [-0.1, -0.05) is 26.8 Å². The molecule has 3 rings (SSSR count). The van der Waals surface area contributed by atoms with Gasteiger partial charge in [-0.05, 0) is 26.9 Å². The lowest BCUT2D eigenvalue weighted by Crippen LogP contribution is -2.40. The van der Waals surface area contributed by atoms with E-state index in [0.717, 1.165) is 48.5 Å². The largest absolute Gasteiger partial charge is 0.372 e. The van der Waals surface area contributed by atoms with Crippen LogP contribution in [0, 0.1) is 0 Å². The molecule has 0 aromatic carbocycles. The molecule has 1 amide bonds. The third kappa shape index (κ3) is 4.58. The third-order valence-corrected chi connectivity index (χ3v) is 5.22. The van der Waals surface area contributed by atoms with Crippen LogP contribution >= 0.6 is 0 Å². The summed E-state index contributed by atoms with van der Waals surface area (Å²) in [6.07, 6.45) is 7.11. The highest BCUT2D eigenvalue weighted by Crippen LogP contribution is 2.34. The number of rotatable bonds is 5. The first-order valence-electron chi connectivity index (χ1n) is 10.2. The molecule has 158 valence electrons. The maximum absolute atomic E-state index is 12.6. The molecule has 0 bridgehead atoms. The maximum atomic E-state index is 12.6. The van der Waals surface area contributed by atoms with Crippen LogP contribution < -0.4 is 5.32 Å². The standard InChI is InChI=1S/C21H33N7O/c1-21(2,3)18-17-19(22-4)23-14-24-20(17)28(25-18)15-9-7-12-27(13-15)16(29)10-8-11-26(5)6/h8,10,14-15H,7,9,11-13H2,1-6H3,(H,22,23,24)/b10-8+/t15-/m1/s1. The molecule has 8 heteroatoms. The second kappa shape index (κ2) is 8.49. The summed E-state index contributed by atoms with van der Waals surface area (Å²) in [6, 6.07) is 0.105. The monoisotopic (exact) mass is 399 g/mol. The Hall–Kier alpha value is -2.48. The van der Waals surface area contributed by atoms with Gasteiger partial charge in [0.25, 0.3) is 0 Å². The Balaban J connectivity index is 1.92. The van der Waals surface area contributed by atoms with E-state index in [0.29, 0.717) is 6.54 Å². The van der Waals surface area contributed by atoms with Crippen molar-refractivity contribution in [3.05, 3.63) is 24.2 Å². The summed E-state index contributed by atoms with van der Waals surface area (Å²) in [6.45, 7) is 8.63. The van der Waals surface area contributed by atoms with Gasteiger partial charge in [0, 0.05) is 38.2 Å². The zero-order valence-electron chi connectivity index (χ0n) is 18.4. The second-order valence-electron chi connectivity index (χ2n) is 8.96. The van der Waals surface area contributed by atoms with Gasteiger partial charge in [-0.2, -0.15) is 5.10 Å². The first-order chi connectivity index (χ1) is 13.7. The average Bonchev–Trinajstić information content (AvgIpc) is 3.08. The van der Waals surface area contributed by atoms with Crippen LogP contribution in [0.25, 0.3) is 11.0 Å². The van der Waals surface area contributed by atoms with Gasteiger partial charge >= 0.3 is 0 Å². The van der Waals surface area contributed by atoms with Crippen molar-refractivity contribution in [2.45, 2.75) is 45.1 Å². The van der Waals surface area contributed by atoms with E-state index in [-0.39, 0.29) is 17.4 Å². The number of aromatic nitrogens is 4. The Morgan fingerprint density at radius 1 is 1.34 bits per heavy atom. The minimum Gasteiger partial charge on any atom is -0.372 e. The van der Waals surface area contributed by atoms with Crippen LogP contribution in [-0.4, -0.2) is 76.2 Å². The molecule has 1 aliphatic heterocycles. The van der Waals surface area contributed by atoms with Crippen LogP contribution in [0.5, 0.6) is 0 Å². The van der Waals surface area contributed by atoms with Gasteiger partial charge < -0.3 is 15.1 Å². The molecule has 1 saturated heterocycles. The van der Waals surface area contributed by atoms with Crippen molar-refractivity contribution in [2.75, 3.05) is 46.1 Å². The van der Waals surface area contributed by atoms with Gasteiger partial charge in [-0.15, -0.1) is 0 Å². The number of amides is 1. The molecule has 29 heavy (non-hydrogen) atoms. The van der Waals surface area contributed by atoms with E-state index in [4.69, 9.17) is 5.10 Å². The van der Waals surface area contributed by atoms with E-state index >= 15 is 0 Å². The summed E-state index contributed by atoms with van der Waals surface area (Å²) in [4.78, 5) is 25.6. The van der Waals surface area contributed by atoms with Gasteiger partial charge in [0.1, 0.15) is 12.1 Å². The number of nitrogens with one attached hydrogen (secondary N) is 1. The molecule has 8 nitrogen and oxygen atoms in total. The van der Waals surface area contributed by atoms with Gasteiger partial charge in [0.05, 0.1) is 17.1 Å². The Morgan fingerprint density at radius 2 is 2.10 bits per heavy atom. The summed E-state index contributed by atoms with van der Waals surface area (Å²) < 4.78 is 2.02. The van der Waals surface area contributed by atoms with Crippen molar-refractivity contribution >= 4 is 22.8 Å². The van der Waals surface area contributed by atoms with Crippen LogP contribution in [0.15, 0.2) is 18.5 Å². The van der Waals surface area contributed by atoms with Crippen LogP contribution in [0.2, 0.25) is 0 Å². The molecule has 3 heterocycles. The SMILES string of the molecule is CNc1ncnc2c1c(C(C)(C)C)nn2[C@@H]1CCCN(C(=O)/C=C/CN(C)C)C1. The number of carbonyl (C=O) groups excluding carboxylic acids is 1. The van der Waals surface area contributed by atoms with Crippen molar-refractivity contribution < 1.29 is 4.79 Å². The molecule has 1 fully saturated rings. The Kier molecular flexibility index (Phi) is 6.21. The minimum absolute atomic E-state index is 0.0644. The fraction of sp³-hybridized carbons (Fsp3) is 0.619. The highest BCUT2D eigenvalue weighted by Gasteiger charge is 2.31. The summed E-state index contributed by atoms with van der Waals surface area (Å²) in [5.41, 5.74) is 1.67. The quantitative estimate of drug-likeness (QED) is 0.778. The summed E-state index contributed by atoms with van der Waals surface area (Å²) in [5, 5.41) is 9.13. The highest BCUT2D eigenvalue weighted by molar-refractivity contribution is 5.90. The number of hydrogen-bond donors (Lipinski definition) is 1. The summed E-state index contributed by atoms with van der Waals surface area (Å²) in [7, 11) is 5.85. The summed E-state index contributed by atoms with van der Waals surface area (Å²) >= 11 is 0. The van der Waals surface area contributed by atoms with Crippen molar-refractivity contribution in [3.8, 4) is 0 Å². The average molecular weight is 400 g/mol. The van der Waals surface area contributed by atoms with E-state index in [2.05, 4.69) is 36.1 Å². The molecule has 0 aliphatic carbocycles. The van der Waals surface area contributed by atoms with Crippen LogP contribution in [0.4, 0.5) is 5.82 Å². The van der Waals surface area contributed by atoms with E-state index in [1.165, 1.54) is 0 Å². The number of likely N-dealkylation sites (N-methyl/N-ethyl adjacent to an activating group) is 1. The van der Waals surface area contributed by atoms with Crippen molar-refractivity contribution in [2.24, 2.45) is 0 Å². The number of hydrogen-bond acceptors (Lipinski definition) is 6. The molecule has 2 aromatic rings. The van der Waals surface area contributed by atoms with Crippen LogP contribution in [-0.2, 0) is 10.2 Å². The predicted octanol–water partition coefficient (Wildman–Crippen LogP) is 2.45. The molecule has 0 saturated carbocycles. The van der Waals surface area contributed by atoms with Gasteiger partial charge in [-0.3, -0.25) is 4.79 Å². The Morgan fingerprint density at radius 3 is 2.76 bits per heavy atom. The number of fused-ring (bicyclic) bond motifs is 1. The zero-order valence-corrected chi connectivity index (χ0v) is 18.4. The lowest BCUT2D eigenvalue weighted by Gasteiger charge is -2.32. The lowest BCUT2D eigenvalue weighted by molar-refractivity contribution is -0.127. The number of carbonyl (C=O) groups is 1. The Labute approximate surface area is 173 Å². The van der Waals surface area contributed by atoms with Gasteiger partial charge in [-0.25, -0.2) is 14.6 Å². The van der Waals surface area contributed by atoms with E-state index < -0.39 is 0 Å². The molecule has 1 atom stereocenters. The Bertz CT molecular complexity index is 894. The maximum Gasteiger partial charge on any atom is 0.246 e. The van der Waals surface area contributed by atoms with Crippen molar-refractivity contribution in [1.29, 1.82) is 0 Å². The van der Waals surface area contributed by atoms with E-state index in [9.17, 15) is 4.79 Å². The molecule has 1 aliphatic rings. The van der Waals surface area contributed by atoms with E-state index in [1.54, 1.807) is 12.4 Å². The topological polar surface area (TPSA) is 79.2 Å². The van der Waals surface area contributed by atoms with Crippen LogP contribution in [0.3, 0.4) is 0 Å². The molecule has 0 spiro atoms. The molecular weight excluding hydrogens is 366 g/mol. The fourth-order valence-electron chi connectivity index (χ4n) is 3.77. The number of nitrogens with zero attached hydrogens (tertiary/aromatic N) is 6. The van der Waals surface area contributed by atoms with Crippen molar-refractivity contribution in [3.63, 3.8) is 0 Å². The van der Waals surface area contributed by atoms with Crippen LogP contribution in [0.1, 0.15) is 45.3 Å². The molecular formula is C21H33N7O. The highest BCUT2D eigenvalue weighted by atomic mass is 16.2. The normalized spacial score (nSPS) is 18.2. The number of anilines is 1. The first-order valence-corrected chi connectivity index (χ1v) is 10.2. The molecule has 1 N–H and O–H groups in total. The zero-order chi connectivity index (χ0) is 21.2. The van der Waals surface area contributed by atoms with Gasteiger partial charge in [0.15, 0.2) is 5.65 Å². The lowest BCUT2D eigenvalue weighted by atomic mass is 9.90. The molecule has 2 aromatic heterocycles. The number of likely N-dealkylation sites (tertiary alicyclic amines) is 1. The van der Waals surface area contributed by atoms with Gasteiger partial charge in [0.2, 0.25) is 5.91 Å². The fourth-order valence-corrected chi connectivity index (χ4v) is 3.77. The van der Waals surface area contributed by atoms with Crippen molar-refractivity contribution in [1.82, 2.24) is 29.5 Å². The molecule has 0 unspecified atom stereocenters. The third-order valence-electron chi connectivity index (χ3n) is 5.22. The molecule has 0 radical (unpaired) electrons. The van der Waals surface area contributed by atoms with E-state index in [1.807, 2.05) is 41.7 Å². The minimum atomic E-state index is -0.140. The first kappa shape index (κ1) is 21.2.